The zero-order valence-corrected chi connectivity index (χ0v) is 13.4. The van der Waals surface area contributed by atoms with Crippen LogP contribution in [0.1, 0.15) is 46.2 Å². The Morgan fingerprint density at radius 3 is 2.85 bits per heavy atom. The van der Waals surface area contributed by atoms with E-state index in [4.69, 9.17) is 0 Å². The van der Waals surface area contributed by atoms with Gasteiger partial charge >= 0.3 is 0 Å². The van der Waals surface area contributed by atoms with E-state index in [1.165, 1.54) is 31.6 Å². The van der Waals surface area contributed by atoms with Gasteiger partial charge < -0.3 is 10.2 Å². The Hall–Kier alpha value is -1.09. The summed E-state index contributed by atoms with van der Waals surface area (Å²) in [6.45, 7) is 13.5. The second-order valence-corrected chi connectivity index (χ2v) is 6.98. The number of aromatic nitrogens is 1. The molecule has 0 spiro atoms. The van der Waals surface area contributed by atoms with Gasteiger partial charge in [0.25, 0.3) is 0 Å². The van der Waals surface area contributed by atoms with Crippen LogP contribution in [0.5, 0.6) is 0 Å². The zero-order valence-electron chi connectivity index (χ0n) is 13.4. The first-order valence-corrected chi connectivity index (χ1v) is 7.91. The van der Waals surface area contributed by atoms with Gasteiger partial charge in [-0.3, -0.25) is 4.98 Å². The lowest BCUT2D eigenvalue weighted by Crippen LogP contribution is -2.26. The van der Waals surface area contributed by atoms with Crippen molar-refractivity contribution in [3.05, 3.63) is 24.0 Å². The molecule has 3 heteroatoms. The summed E-state index contributed by atoms with van der Waals surface area (Å²) in [5, 5.41) is 3.42. The maximum Gasteiger partial charge on any atom is 0.0562 e. The van der Waals surface area contributed by atoms with Gasteiger partial charge in [-0.2, -0.15) is 0 Å². The molecule has 0 aromatic carbocycles. The minimum atomic E-state index is 0.410. The van der Waals surface area contributed by atoms with Gasteiger partial charge in [-0.25, -0.2) is 0 Å². The molecule has 2 rings (SSSR count). The van der Waals surface area contributed by atoms with E-state index in [2.05, 4.69) is 55.0 Å². The van der Waals surface area contributed by atoms with Gasteiger partial charge in [0.2, 0.25) is 0 Å². The molecular formula is C17H29N3. The lowest BCUT2D eigenvalue weighted by atomic mass is 9.80. The van der Waals surface area contributed by atoms with Gasteiger partial charge in [0, 0.05) is 31.5 Å². The highest BCUT2D eigenvalue weighted by molar-refractivity contribution is 5.47. The van der Waals surface area contributed by atoms with Crippen molar-refractivity contribution in [1.82, 2.24) is 10.3 Å². The SMILES string of the molecule is CCCNCc1cc(N2CCC(C(C)(C)C)C2)ccn1. The Kier molecular flexibility index (Phi) is 5.03. The molecule has 1 saturated heterocycles. The highest BCUT2D eigenvalue weighted by atomic mass is 15.2. The van der Waals surface area contributed by atoms with Crippen LogP contribution in [0.15, 0.2) is 18.3 Å². The highest BCUT2D eigenvalue weighted by Crippen LogP contribution is 2.35. The molecule has 0 amide bonds. The van der Waals surface area contributed by atoms with Crippen LogP contribution >= 0.6 is 0 Å². The minimum Gasteiger partial charge on any atom is -0.371 e. The quantitative estimate of drug-likeness (QED) is 0.834. The van der Waals surface area contributed by atoms with Crippen LogP contribution in [-0.4, -0.2) is 24.6 Å². The van der Waals surface area contributed by atoms with Crippen LogP contribution in [0.25, 0.3) is 0 Å². The number of rotatable bonds is 5. The predicted molar refractivity (Wildman–Crippen MR) is 86.0 cm³/mol. The first kappa shape index (κ1) is 15.3. The van der Waals surface area contributed by atoms with E-state index in [0.29, 0.717) is 5.41 Å². The van der Waals surface area contributed by atoms with Crippen molar-refractivity contribution in [3.63, 3.8) is 0 Å². The Morgan fingerprint density at radius 1 is 1.40 bits per heavy atom. The van der Waals surface area contributed by atoms with Crippen molar-refractivity contribution in [2.75, 3.05) is 24.5 Å². The van der Waals surface area contributed by atoms with E-state index in [0.717, 1.165) is 24.7 Å². The van der Waals surface area contributed by atoms with Crippen molar-refractivity contribution in [2.45, 2.75) is 47.1 Å². The van der Waals surface area contributed by atoms with Crippen molar-refractivity contribution in [3.8, 4) is 0 Å². The summed E-state index contributed by atoms with van der Waals surface area (Å²) in [6.07, 6.45) is 4.41. The number of nitrogens with one attached hydrogen (secondary N) is 1. The van der Waals surface area contributed by atoms with E-state index in [-0.39, 0.29) is 0 Å². The average Bonchev–Trinajstić information content (AvgIpc) is 2.89. The summed E-state index contributed by atoms with van der Waals surface area (Å²) in [5.41, 5.74) is 2.89. The van der Waals surface area contributed by atoms with Gasteiger partial charge in [-0.05, 0) is 42.9 Å². The molecule has 0 radical (unpaired) electrons. The van der Waals surface area contributed by atoms with Gasteiger partial charge in [0.1, 0.15) is 0 Å². The molecular weight excluding hydrogens is 246 g/mol. The van der Waals surface area contributed by atoms with E-state index >= 15 is 0 Å². The Labute approximate surface area is 123 Å². The first-order valence-electron chi connectivity index (χ1n) is 7.91. The fourth-order valence-electron chi connectivity index (χ4n) is 2.85. The smallest absolute Gasteiger partial charge is 0.0562 e. The fraction of sp³-hybridized carbons (Fsp3) is 0.706. The summed E-state index contributed by atoms with van der Waals surface area (Å²) < 4.78 is 0. The van der Waals surface area contributed by atoms with Crippen LogP contribution in [0, 0.1) is 11.3 Å². The molecule has 1 unspecified atom stereocenters. The van der Waals surface area contributed by atoms with E-state index in [1.54, 1.807) is 0 Å². The van der Waals surface area contributed by atoms with E-state index in [9.17, 15) is 0 Å². The molecule has 0 bridgehead atoms. The standard InChI is InChI=1S/C17H29N3/c1-5-8-18-12-15-11-16(6-9-19-15)20-10-7-14(13-20)17(2,3)4/h6,9,11,14,18H,5,7-8,10,12-13H2,1-4H3. The average molecular weight is 275 g/mol. The van der Waals surface area contributed by atoms with Crippen molar-refractivity contribution >= 4 is 5.69 Å². The molecule has 1 fully saturated rings. The first-order chi connectivity index (χ1) is 9.50. The Bertz CT molecular complexity index is 422. The van der Waals surface area contributed by atoms with Crippen molar-refractivity contribution < 1.29 is 0 Å². The molecule has 2 heterocycles. The van der Waals surface area contributed by atoms with Gasteiger partial charge in [-0.1, -0.05) is 27.7 Å². The molecule has 20 heavy (non-hydrogen) atoms. The number of anilines is 1. The summed E-state index contributed by atoms with van der Waals surface area (Å²) in [6, 6.07) is 4.39. The van der Waals surface area contributed by atoms with Gasteiger partial charge in [0.05, 0.1) is 5.69 Å². The Balaban J connectivity index is 1.98. The predicted octanol–water partition coefficient (Wildman–Crippen LogP) is 3.45. The minimum absolute atomic E-state index is 0.410. The largest absolute Gasteiger partial charge is 0.371 e. The van der Waals surface area contributed by atoms with Crippen LogP contribution in [-0.2, 0) is 6.54 Å². The molecule has 1 atom stereocenters. The Morgan fingerprint density at radius 2 is 2.20 bits per heavy atom. The molecule has 1 aromatic rings. The van der Waals surface area contributed by atoms with Crippen molar-refractivity contribution in [1.29, 1.82) is 0 Å². The number of pyridine rings is 1. The second-order valence-electron chi connectivity index (χ2n) is 6.98. The molecule has 1 N–H and O–H groups in total. The molecule has 1 aromatic heterocycles. The number of hydrogen-bond acceptors (Lipinski definition) is 3. The van der Waals surface area contributed by atoms with Gasteiger partial charge in [-0.15, -0.1) is 0 Å². The topological polar surface area (TPSA) is 28.2 Å². The third-order valence-corrected chi connectivity index (χ3v) is 4.31. The second kappa shape index (κ2) is 6.57. The molecule has 1 aliphatic heterocycles. The molecule has 0 saturated carbocycles. The summed E-state index contributed by atoms with van der Waals surface area (Å²) in [4.78, 5) is 6.98. The normalized spacial score (nSPS) is 19.6. The van der Waals surface area contributed by atoms with Crippen LogP contribution < -0.4 is 10.2 Å². The summed E-state index contributed by atoms with van der Waals surface area (Å²) in [5.74, 6) is 0.789. The zero-order chi connectivity index (χ0) is 14.6. The molecule has 3 nitrogen and oxygen atoms in total. The summed E-state index contributed by atoms with van der Waals surface area (Å²) in [7, 11) is 0. The third-order valence-electron chi connectivity index (χ3n) is 4.31. The molecule has 0 aliphatic carbocycles. The van der Waals surface area contributed by atoms with Crippen molar-refractivity contribution in [2.24, 2.45) is 11.3 Å². The number of hydrogen-bond donors (Lipinski definition) is 1. The lowest BCUT2D eigenvalue weighted by molar-refractivity contribution is 0.263. The monoisotopic (exact) mass is 275 g/mol. The highest BCUT2D eigenvalue weighted by Gasteiger charge is 2.31. The fourth-order valence-corrected chi connectivity index (χ4v) is 2.85. The van der Waals surface area contributed by atoms with Gasteiger partial charge in [0.15, 0.2) is 0 Å². The maximum absolute atomic E-state index is 4.46. The maximum atomic E-state index is 4.46. The van der Waals surface area contributed by atoms with Crippen LogP contribution in [0.4, 0.5) is 5.69 Å². The molecule has 112 valence electrons. The van der Waals surface area contributed by atoms with E-state index < -0.39 is 0 Å². The van der Waals surface area contributed by atoms with Crippen LogP contribution in [0.2, 0.25) is 0 Å². The van der Waals surface area contributed by atoms with Crippen LogP contribution in [0.3, 0.4) is 0 Å². The van der Waals surface area contributed by atoms with E-state index in [1.807, 2.05) is 6.20 Å². The lowest BCUT2D eigenvalue weighted by Gasteiger charge is -2.27. The third kappa shape index (κ3) is 3.95. The molecule has 1 aliphatic rings. The summed E-state index contributed by atoms with van der Waals surface area (Å²) >= 11 is 0. The number of nitrogens with zero attached hydrogens (tertiary/aromatic N) is 2.